The third-order valence-electron chi connectivity index (χ3n) is 14.4. The number of hydrogen-bond acceptors (Lipinski definition) is 1. The van der Waals surface area contributed by atoms with Gasteiger partial charge in [-0.2, -0.15) is 0 Å². The van der Waals surface area contributed by atoms with Crippen molar-refractivity contribution in [1.29, 1.82) is 0 Å². The Balaban J connectivity index is 0.811. The number of aromatic nitrogens is 1. The number of hydrogen-bond donors (Lipinski definition) is 0. The number of nitrogens with zero attached hydrogens (tertiary/aromatic N) is 1. The quantitative estimate of drug-likeness (QED) is 0.141. The number of benzene rings is 12. The molecule has 0 amide bonds. The summed E-state index contributed by atoms with van der Waals surface area (Å²) in [7, 11) is 0. The summed E-state index contributed by atoms with van der Waals surface area (Å²) in [6, 6.07) is 103. The Kier molecular flexibility index (Phi) is 10.9. The Morgan fingerprint density at radius 1 is 0.167 bits per heavy atom. The monoisotopic (exact) mass is 913 g/mol. The van der Waals surface area contributed by atoms with Crippen molar-refractivity contribution in [2.24, 2.45) is 0 Å². The molecule has 13 rings (SSSR count). The van der Waals surface area contributed by atoms with Gasteiger partial charge in [-0.3, -0.25) is 0 Å². The molecule has 0 bridgehead atoms. The van der Waals surface area contributed by atoms with Crippen molar-refractivity contribution in [1.82, 2.24) is 4.98 Å². The molecule has 0 saturated heterocycles. The fourth-order valence-electron chi connectivity index (χ4n) is 10.5. The molecule has 1 nitrogen and oxygen atoms in total. The molecule has 13 aromatic rings. The van der Waals surface area contributed by atoms with Gasteiger partial charge in [-0.1, -0.05) is 273 Å². The number of fused-ring (bicyclic) bond motifs is 3. The lowest BCUT2D eigenvalue weighted by atomic mass is 9.94. The highest BCUT2D eigenvalue weighted by atomic mass is 14.7. The van der Waals surface area contributed by atoms with E-state index in [2.05, 4.69) is 285 Å². The van der Waals surface area contributed by atoms with Gasteiger partial charge in [0.2, 0.25) is 0 Å². The standard InChI is InChI=1S/C71H47N/c1-4-16-64-55(10-1)13-7-19-67(64)58-36-26-49(27-37-58)48-22-24-54(25-23-48)63-46-70(61-42-32-52(33-43-61)50-28-38-59(39-29-50)68-20-8-14-56-11-2-5-17-65(56)68)72-71(47-63)62-44-34-53(35-45-62)51-30-40-60(41-31-51)69-21-9-15-57-12-3-6-18-66(57)69/h1-47H. The summed E-state index contributed by atoms with van der Waals surface area (Å²) in [5.74, 6) is 0. The predicted octanol–water partition coefficient (Wildman–Crippen LogP) is 19.5. The van der Waals surface area contributed by atoms with Gasteiger partial charge in [0.05, 0.1) is 11.4 Å². The van der Waals surface area contributed by atoms with Crippen molar-refractivity contribution in [2.75, 3.05) is 0 Å². The summed E-state index contributed by atoms with van der Waals surface area (Å²) in [6.07, 6.45) is 0. The van der Waals surface area contributed by atoms with E-state index >= 15 is 0 Å². The van der Waals surface area contributed by atoms with Crippen LogP contribution in [0.2, 0.25) is 0 Å². The molecule has 0 aliphatic rings. The second kappa shape index (κ2) is 18.5. The molecule has 12 aromatic carbocycles. The lowest BCUT2D eigenvalue weighted by molar-refractivity contribution is 1.32. The molecule has 0 N–H and O–H groups in total. The first kappa shape index (κ1) is 42.7. The number of rotatable bonds is 9. The third kappa shape index (κ3) is 8.23. The van der Waals surface area contributed by atoms with Crippen molar-refractivity contribution in [3.8, 4) is 100 Å². The fourth-order valence-corrected chi connectivity index (χ4v) is 10.5. The topological polar surface area (TPSA) is 12.9 Å². The molecule has 1 heterocycles. The van der Waals surface area contributed by atoms with Gasteiger partial charge in [0.1, 0.15) is 0 Å². The molecule has 72 heavy (non-hydrogen) atoms. The van der Waals surface area contributed by atoms with E-state index in [0.29, 0.717) is 0 Å². The minimum absolute atomic E-state index is 0.932. The van der Waals surface area contributed by atoms with Crippen LogP contribution < -0.4 is 0 Å². The second-order valence-corrected chi connectivity index (χ2v) is 18.7. The molecule has 336 valence electrons. The van der Waals surface area contributed by atoms with Crippen molar-refractivity contribution in [3.05, 3.63) is 285 Å². The Bertz CT molecular complexity index is 3620. The summed E-state index contributed by atoms with van der Waals surface area (Å²) in [6.45, 7) is 0. The van der Waals surface area contributed by atoms with Crippen LogP contribution in [0.4, 0.5) is 0 Å². The first-order valence-electron chi connectivity index (χ1n) is 24.7. The minimum atomic E-state index is 0.932. The second-order valence-electron chi connectivity index (χ2n) is 18.7. The molecular formula is C71H47N. The summed E-state index contributed by atoms with van der Waals surface area (Å²) < 4.78 is 0. The van der Waals surface area contributed by atoms with Crippen LogP contribution in [0.5, 0.6) is 0 Å². The third-order valence-corrected chi connectivity index (χ3v) is 14.4. The Hall–Kier alpha value is -9.43. The van der Waals surface area contributed by atoms with Gasteiger partial charge in [0.15, 0.2) is 0 Å². The zero-order valence-corrected chi connectivity index (χ0v) is 39.6. The molecule has 0 radical (unpaired) electrons. The highest BCUT2D eigenvalue weighted by Crippen LogP contribution is 2.37. The maximum absolute atomic E-state index is 5.36. The van der Waals surface area contributed by atoms with Crippen LogP contribution in [0.3, 0.4) is 0 Å². The SMILES string of the molecule is c1ccc2c(-c3ccc(-c4ccc(-c5cc(-c6ccc(-c7ccc(-c8cccc9ccccc89)cc7)cc6)nc(-c6ccc(-c7ccc(-c8cccc9ccccc89)cc7)cc6)c5)cc4)cc3)cccc2c1. The van der Waals surface area contributed by atoms with E-state index in [9.17, 15) is 0 Å². The average Bonchev–Trinajstić information content (AvgIpc) is 3.47. The van der Waals surface area contributed by atoms with Gasteiger partial charge in [0.25, 0.3) is 0 Å². The van der Waals surface area contributed by atoms with E-state index in [1.807, 2.05) is 0 Å². The van der Waals surface area contributed by atoms with Crippen LogP contribution in [0.25, 0.3) is 133 Å². The van der Waals surface area contributed by atoms with Gasteiger partial charge in [-0.25, -0.2) is 4.98 Å². The van der Waals surface area contributed by atoms with E-state index < -0.39 is 0 Å². The fraction of sp³-hybridized carbons (Fsp3) is 0. The Morgan fingerprint density at radius 2 is 0.389 bits per heavy atom. The van der Waals surface area contributed by atoms with Gasteiger partial charge in [0, 0.05) is 11.1 Å². The van der Waals surface area contributed by atoms with E-state index in [1.54, 1.807) is 0 Å². The zero-order valence-electron chi connectivity index (χ0n) is 39.6. The van der Waals surface area contributed by atoms with Crippen molar-refractivity contribution in [3.63, 3.8) is 0 Å². The molecule has 0 unspecified atom stereocenters. The molecule has 0 atom stereocenters. The van der Waals surface area contributed by atoms with E-state index in [-0.39, 0.29) is 0 Å². The first-order valence-corrected chi connectivity index (χ1v) is 24.7. The summed E-state index contributed by atoms with van der Waals surface area (Å²) >= 11 is 0. The lowest BCUT2D eigenvalue weighted by Gasteiger charge is -2.13. The van der Waals surface area contributed by atoms with Crippen molar-refractivity contribution in [2.45, 2.75) is 0 Å². The van der Waals surface area contributed by atoms with Crippen molar-refractivity contribution >= 4 is 32.3 Å². The highest BCUT2D eigenvalue weighted by molar-refractivity contribution is 5.99. The normalized spacial score (nSPS) is 11.3. The lowest BCUT2D eigenvalue weighted by Crippen LogP contribution is -1.92. The van der Waals surface area contributed by atoms with Gasteiger partial charge < -0.3 is 0 Å². The zero-order chi connectivity index (χ0) is 47.8. The van der Waals surface area contributed by atoms with Gasteiger partial charge in [-0.15, -0.1) is 0 Å². The molecule has 0 saturated carbocycles. The molecular weight excluding hydrogens is 867 g/mol. The highest BCUT2D eigenvalue weighted by Gasteiger charge is 2.13. The maximum Gasteiger partial charge on any atom is 0.0715 e. The van der Waals surface area contributed by atoms with Crippen LogP contribution in [0.15, 0.2) is 285 Å². The summed E-state index contributed by atoms with van der Waals surface area (Å²) in [4.78, 5) is 5.36. The van der Waals surface area contributed by atoms with Crippen LogP contribution in [0.1, 0.15) is 0 Å². The Morgan fingerprint density at radius 3 is 0.681 bits per heavy atom. The first-order chi connectivity index (χ1) is 35.6. The Labute approximate surface area is 420 Å². The predicted molar refractivity (Wildman–Crippen MR) is 306 cm³/mol. The molecule has 1 aromatic heterocycles. The largest absolute Gasteiger partial charge is 0.248 e. The molecule has 0 aliphatic heterocycles. The van der Waals surface area contributed by atoms with Gasteiger partial charge >= 0.3 is 0 Å². The van der Waals surface area contributed by atoms with E-state index in [4.69, 9.17) is 4.98 Å². The maximum atomic E-state index is 5.36. The number of pyridine rings is 1. The molecule has 1 heteroatoms. The summed E-state index contributed by atoms with van der Waals surface area (Å²) in [5.41, 5.74) is 20.7. The van der Waals surface area contributed by atoms with Crippen LogP contribution in [-0.2, 0) is 0 Å². The average molecular weight is 914 g/mol. The molecule has 0 fully saturated rings. The van der Waals surface area contributed by atoms with E-state index in [0.717, 1.165) is 33.6 Å². The smallest absolute Gasteiger partial charge is 0.0715 e. The van der Waals surface area contributed by atoms with Crippen LogP contribution in [-0.4, -0.2) is 4.98 Å². The summed E-state index contributed by atoms with van der Waals surface area (Å²) in [5, 5.41) is 7.56. The van der Waals surface area contributed by atoms with Crippen LogP contribution in [0, 0.1) is 0 Å². The van der Waals surface area contributed by atoms with Crippen molar-refractivity contribution < 1.29 is 0 Å². The molecule has 0 aliphatic carbocycles. The van der Waals surface area contributed by atoms with Crippen LogP contribution >= 0.6 is 0 Å². The van der Waals surface area contributed by atoms with E-state index in [1.165, 1.54) is 99.1 Å². The molecule has 0 spiro atoms. The minimum Gasteiger partial charge on any atom is -0.248 e. The van der Waals surface area contributed by atoms with Gasteiger partial charge in [-0.05, 0) is 122 Å².